The van der Waals surface area contributed by atoms with Crippen molar-refractivity contribution in [1.29, 1.82) is 0 Å². The molecule has 0 saturated carbocycles. The van der Waals surface area contributed by atoms with Crippen molar-refractivity contribution in [2.45, 2.75) is 11.3 Å². The lowest BCUT2D eigenvalue weighted by Gasteiger charge is -2.05. The van der Waals surface area contributed by atoms with E-state index in [4.69, 9.17) is 15.9 Å². The molecule has 0 spiro atoms. The van der Waals surface area contributed by atoms with Gasteiger partial charge in [0.05, 0.1) is 0 Å². The van der Waals surface area contributed by atoms with E-state index in [1.807, 2.05) is 0 Å². The highest BCUT2D eigenvalue weighted by atomic mass is 35.5. The Kier molecular flexibility index (Phi) is 4.98. The summed E-state index contributed by atoms with van der Waals surface area (Å²) in [6.07, 6.45) is 0.646. The summed E-state index contributed by atoms with van der Waals surface area (Å²) in [5, 5.41) is 18.2. The second-order valence-electron chi connectivity index (χ2n) is 2.51. The molecule has 0 bridgehead atoms. The fourth-order valence-electron chi connectivity index (χ4n) is 0.965. The lowest BCUT2D eigenvalue weighted by Crippen LogP contribution is -2.03. The average Bonchev–Trinajstić information content (AvgIpc) is 2.01. The van der Waals surface area contributed by atoms with E-state index < -0.39 is 0 Å². The normalized spacial score (nSPS) is 9.38. The van der Waals surface area contributed by atoms with Crippen LogP contribution in [0.3, 0.4) is 0 Å². The van der Waals surface area contributed by atoms with Gasteiger partial charge in [-0.25, -0.2) is 0 Å². The molecule has 0 aliphatic rings. The number of hydrogen-bond donors (Lipinski definition) is 4. The molecule has 0 saturated heterocycles. The van der Waals surface area contributed by atoms with Crippen LogP contribution in [0.2, 0.25) is 0 Å². The van der Waals surface area contributed by atoms with E-state index in [2.05, 4.69) is 12.6 Å². The van der Waals surface area contributed by atoms with Gasteiger partial charge in [0.25, 0.3) is 0 Å². The van der Waals surface area contributed by atoms with Gasteiger partial charge in [0.15, 0.2) is 11.5 Å². The maximum Gasteiger partial charge on any atom is 0.158 e. The molecule has 0 heterocycles. The standard InChI is InChI=1S/C8H11NO2S.ClH/c9-2-1-5-3-6(10)7(11)4-8(5)12;/h3-4,10-12H,1-2,9H2;1H. The van der Waals surface area contributed by atoms with Crippen molar-refractivity contribution >= 4 is 25.0 Å². The van der Waals surface area contributed by atoms with E-state index in [9.17, 15) is 0 Å². The van der Waals surface area contributed by atoms with Crippen LogP contribution >= 0.6 is 25.0 Å². The molecule has 0 aliphatic carbocycles. The minimum atomic E-state index is -0.152. The Morgan fingerprint density at radius 2 is 1.77 bits per heavy atom. The molecular formula is C8H12ClNO2S. The van der Waals surface area contributed by atoms with Gasteiger partial charge < -0.3 is 15.9 Å². The van der Waals surface area contributed by atoms with Gasteiger partial charge in [-0.05, 0) is 30.7 Å². The maximum absolute atomic E-state index is 9.13. The predicted octanol–water partition coefficient (Wildman–Crippen LogP) is 1.31. The summed E-state index contributed by atoms with van der Waals surface area (Å²) in [7, 11) is 0. The third-order valence-corrected chi connectivity index (χ3v) is 2.01. The zero-order valence-corrected chi connectivity index (χ0v) is 8.61. The number of aromatic hydroxyl groups is 2. The lowest BCUT2D eigenvalue weighted by molar-refractivity contribution is 0.401. The molecule has 4 N–H and O–H groups in total. The van der Waals surface area contributed by atoms with Gasteiger partial charge in [-0.15, -0.1) is 25.0 Å². The van der Waals surface area contributed by atoms with Crippen LogP contribution < -0.4 is 5.73 Å². The van der Waals surface area contributed by atoms with Gasteiger partial charge >= 0.3 is 0 Å². The zero-order valence-electron chi connectivity index (χ0n) is 6.90. The second-order valence-corrected chi connectivity index (χ2v) is 2.99. The molecule has 74 valence electrons. The van der Waals surface area contributed by atoms with Crippen LogP contribution in [0.5, 0.6) is 11.5 Å². The van der Waals surface area contributed by atoms with Crippen molar-refractivity contribution in [3.63, 3.8) is 0 Å². The number of halogens is 1. The number of thiol groups is 1. The van der Waals surface area contributed by atoms with Gasteiger partial charge in [-0.3, -0.25) is 0 Å². The molecule has 0 radical (unpaired) electrons. The van der Waals surface area contributed by atoms with Crippen molar-refractivity contribution in [2.75, 3.05) is 6.54 Å². The number of phenols is 2. The maximum atomic E-state index is 9.13. The minimum Gasteiger partial charge on any atom is -0.504 e. The van der Waals surface area contributed by atoms with Crippen LogP contribution in [0.4, 0.5) is 0 Å². The third-order valence-electron chi connectivity index (χ3n) is 1.59. The predicted molar refractivity (Wildman–Crippen MR) is 57.0 cm³/mol. The molecule has 3 nitrogen and oxygen atoms in total. The quantitative estimate of drug-likeness (QED) is 0.450. The van der Waals surface area contributed by atoms with E-state index in [0.717, 1.165) is 5.56 Å². The summed E-state index contributed by atoms with van der Waals surface area (Å²) in [5.74, 6) is -0.281. The zero-order chi connectivity index (χ0) is 9.14. The van der Waals surface area contributed by atoms with Crippen LogP contribution in [0.25, 0.3) is 0 Å². The molecule has 0 atom stereocenters. The van der Waals surface area contributed by atoms with E-state index in [1.165, 1.54) is 12.1 Å². The van der Waals surface area contributed by atoms with Crippen LogP contribution in [0.15, 0.2) is 17.0 Å². The highest BCUT2D eigenvalue weighted by Crippen LogP contribution is 2.30. The van der Waals surface area contributed by atoms with Crippen LogP contribution in [-0.2, 0) is 6.42 Å². The van der Waals surface area contributed by atoms with Gasteiger partial charge in [0.1, 0.15) is 0 Å². The third kappa shape index (κ3) is 2.99. The smallest absolute Gasteiger partial charge is 0.158 e. The number of phenolic OH excluding ortho intramolecular Hbond substituents is 2. The highest BCUT2D eigenvalue weighted by Gasteiger charge is 2.04. The molecule has 0 fully saturated rings. The largest absolute Gasteiger partial charge is 0.504 e. The number of hydrogen-bond acceptors (Lipinski definition) is 4. The summed E-state index contributed by atoms with van der Waals surface area (Å²) in [6, 6.07) is 2.88. The Bertz CT molecular complexity index is 294. The SMILES string of the molecule is Cl.NCCc1cc(O)c(O)cc1S. The Labute approximate surface area is 88.4 Å². The molecular weight excluding hydrogens is 210 g/mol. The lowest BCUT2D eigenvalue weighted by atomic mass is 10.1. The van der Waals surface area contributed by atoms with Gasteiger partial charge in [-0.1, -0.05) is 0 Å². The molecule has 1 rings (SSSR count). The first-order chi connectivity index (χ1) is 5.65. The van der Waals surface area contributed by atoms with E-state index in [0.29, 0.717) is 17.9 Å². The molecule has 1 aromatic rings. The summed E-state index contributed by atoms with van der Waals surface area (Å²) in [5.41, 5.74) is 6.18. The number of nitrogens with two attached hydrogens (primary N) is 1. The van der Waals surface area contributed by atoms with Crippen molar-refractivity contribution in [3.8, 4) is 11.5 Å². The van der Waals surface area contributed by atoms with E-state index in [-0.39, 0.29) is 23.9 Å². The second kappa shape index (κ2) is 5.21. The Hall–Kier alpha value is -0.580. The molecule has 0 aliphatic heterocycles. The van der Waals surface area contributed by atoms with Crippen molar-refractivity contribution in [2.24, 2.45) is 5.73 Å². The van der Waals surface area contributed by atoms with Gasteiger partial charge in [-0.2, -0.15) is 0 Å². The van der Waals surface area contributed by atoms with Gasteiger partial charge in [0.2, 0.25) is 0 Å². The van der Waals surface area contributed by atoms with Gasteiger partial charge in [0, 0.05) is 4.90 Å². The van der Waals surface area contributed by atoms with Crippen molar-refractivity contribution in [3.05, 3.63) is 17.7 Å². The molecule has 0 aromatic heterocycles. The first-order valence-electron chi connectivity index (χ1n) is 3.59. The monoisotopic (exact) mass is 221 g/mol. The first-order valence-corrected chi connectivity index (χ1v) is 4.03. The number of rotatable bonds is 2. The Balaban J connectivity index is 0.00000144. The topological polar surface area (TPSA) is 66.5 Å². The summed E-state index contributed by atoms with van der Waals surface area (Å²) in [6.45, 7) is 0.498. The van der Waals surface area contributed by atoms with Crippen LogP contribution in [0.1, 0.15) is 5.56 Å². The average molecular weight is 222 g/mol. The van der Waals surface area contributed by atoms with Crippen LogP contribution in [-0.4, -0.2) is 16.8 Å². The molecule has 0 amide bonds. The van der Waals surface area contributed by atoms with Crippen molar-refractivity contribution in [1.82, 2.24) is 0 Å². The molecule has 1 aromatic carbocycles. The fraction of sp³-hybridized carbons (Fsp3) is 0.250. The molecule has 13 heavy (non-hydrogen) atoms. The fourth-order valence-corrected chi connectivity index (χ4v) is 1.26. The Morgan fingerprint density at radius 3 is 2.31 bits per heavy atom. The van der Waals surface area contributed by atoms with E-state index in [1.54, 1.807) is 0 Å². The molecule has 5 heteroatoms. The Morgan fingerprint density at radius 1 is 1.23 bits per heavy atom. The molecule has 0 unspecified atom stereocenters. The summed E-state index contributed by atoms with van der Waals surface area (Å²) in [4.78, 5) is 0.649. The minimum absolute atomic E-state index is 0. The van der Waals surface area contributed by atoms with Crippen molar-refractivity contribution < 1.29 is 10.2 Å². The highest BCUT2D eigenvalue weighted by molar-refractivity contribution is 7.80. The van der Waals surface area contributed by atoms with Crippen LogP contribution in [0, 0.1) is 0 Å². The summed E-state index contributed by atoms with van der Waals surface area (Å²) < 4.78 is 0. The number of benzene rings is 1. The first kappa shape index (κ1) is 12.4. The summed E-state index contributed by atoms with van der Waals surface area (Å²) >= 11 is 4.12. The van der Waals surface area contributed by atoms with E-state index >= 15 is 0 Å².